The number of hydrogen-bond donors (Lipinski definition) is 0. The molecule has 0 radical (unpaired) electrons. The lowest BCUT2D eigenvalue weighted by molar-refractivity contribution is -0.304. The minimum atomic E-state index is -2.61. The highest BCUT2D eigenvalue weighted by molar-refractivity contribution is 6.30. The molecule has 0 saturated carbocycles. The van der Waals surface area contributed by atoms with Crippen LogP contribution in [0.25, 0.3) is 0 Å². The van der Waals surface area contributed by atoms with Crippen molar-refractivity contribution < 1.29 is 81.9 Å². The van der Waals surface area contributed by atoms with E-state index in [2.05, 4.69) is 0 Å². The van der Waals surface area contributed by atoms with Crippen LogP contribution in [-0.4, -0.2) is 63.0 Å². The van der Waals surface area contributed by atoms with Crippen molar-refractivity contribution in [1.29, 1.82) is 0 Å². The van der Waals surface area contributed by atoms with Gasteiger partial charge in [0, 0.05) is 12.1 Å². The number of benzene rings is 3. The van der Waals surface area contributed by atoms with Crippen molar-refractivity contribution in [3.8, 4) is 0 Å². The molecule has 5 atom stereocenters. The van der Waals surface area contributed by atoms with Crippen LogP contribution >= 0.6 is 11.6 Å². The van der Waals surface area contributed by atoms with Crippen LogP contribution in [0.1, 0.15) is 33.2 Å². The first-order valence-corrected chi connectivity index (χ1v) is 14.0. The zero-order valence-electron chi connectivity index (χ0n) is 24.7. The van der Waals surface area contributed by atoms with Crippen molar-refractivity contribution in [3.05, 3.63) is 104 Å². The molecule has 1 aliphatic heterocycles. The third-order valence-corrected chi connectivity index (χ3v) is 7.22. The summed E-state index contributed by atoms with van der Waals surface area (Å²) in [5.74, 6) is -30.3. The molecule has 1 fully saturated rings. The normalized spacial score (nSPS) is 20.7. The molecule has 0 N–H and O–H groups in total. The van der Waals surface area contributed by atoms with Gasteiger partial charge in [-0.05, 0) is 24.6 Å². The highest BCUT2D eigenvalue weighted by Gasteiger charge is 2.51. The van der Waals surface area contributed by atoms with Crippen LogP contribution in [0, 0.1) is 58.2 Å². The first-order valence-electron chi connectivity index (χ1n) is 13.7. The molecule has 0 unspecified atom stereocenters. The summed E-state index contributed by atoms with van der Waals surface area (Å²) in [6, 6.07) is 5.76. The molecule has 49 heavy (non-hydrogen) atoms. The maximum absolute atomic E-state index is 14.6. The van der Waals surface area contributed by atoms with Crippen molar-refractivity contribution in [3.63, 3.8) is 0 Å². The van der Waals surface area contributed by atoms with Crippen molar-refractivity contribution in [2.24, 2.45) is 0 Å². The zero-order valence-corrected chi connectivity index (χ0v) is 25.5. The first-order chi connectivity index (χ1) is 23.1. The quantitative estimate of drug-likeness (QED) is 0.0729. The second kappa shape index (κ2) is 15.7. The molecule has 3 aromatic carbocycles. The average molecular weight is 735 g/mol. The van der Waals surface area contributed by atoms with E-state index in [9.17, 15) is 53.5 Å². The molecule has 1 heterocycles. The fraction of sp³-hybridized carbons (Fsp3) is 0.333. The van der Waals surface area contributed by atoms with Crippen LogP contribution in [0.4, 0.5) is 43.9 Å². The second-order valence-electron chi connectivity index (χ2n) is 10.1. The van der Waals surface area contributed by atoms with Gasteiger partial charge in [-0.25, -0.2) is 53.5 Å². The Morgan fingerprint density at radius 3 is 1.51 bits per heavy atom. The zero-order chi connectivity index (χ0) is 36.3. The summed E-state index contributed by atoms with van der Waals surface area (Å²) in [6.45, 7) is 0.254. The third-order valence-electron chi connectivity index (χ3n) is 6.97. The molecule has 0 aliphatic carbocycles. The van der Waals surface area contributed by atoms with Gasteiger partial charge in [-0.3, -0.25) is 0 Å². The van der Waals surface area contributed by atoms with Crippen LogP contribution in [0.2, 0.25) is 5.02 Å². The Labute approximate surface area is 274 Å². The van der Waals surface area contributed by atoms with Gasteiger partial charge in [-0.2, -0.15) is 0 Å². The van der Waals surface area contributed by atoms with Crippen LogP contribution in [-0.2, 0) is 35.0 Å². The van der Waals surface area contributed by atoms with Gasteiger partial charge in [-0.1, -0.05) is 23.7 Å². The van der Waals surface area contributed by atoms with Gasteiger partial charge >= 0.3 is 11.9 Å². The van der Waals surface area contributed by atoms with Crippen molar-refractivity contribution in [2.75, 3.05) is 20.3 Å². The van der Waals surface area contributed by atoms with Crippen LogP contribution < -0.4 is 0 Å². The fourth-order valence-corrected chi connectivity index (χ4v) is 4.66. The molecule has 0 bridgehead atoms. The molecule has 19 heteroatoms. The SMILES string of the molecule is COCCO[C@@H]1O[C@@H](C)[C@H](OC(=O)c2c(F)c(F)c(F)c(F)c2F)[C@@H](OC(=O)c2c(F)c(F)c(F)c(F)c2F)[C@H]1OCc1ccc(Cl)cc1. The molecular weight excluding hydrogens is 714 g/mol. The summed E-state index contributed by atoms with van der Waals surface area (Å²) >= 11 is 5.88. The third kappa shape index (κ3) is 7.77. The largest absolute Gasteiger partial charge is 0.452 e. The monoisotopic (exact) mass is 734 g/mol. The lowest BCUT2D eigenvalue weighted by Crippen LogP contribution is -2.61. The molecule has 0 spiro atoms. The number of carbonyl (C=O) groups excluding carboxylic acids is 2. The number of esters is 2. The molecule has 8 nitrogen and oxygen atoms in total. The summed E-state index contributed by atoms with van der Waals surface area (Å²) in [4.78, 5) is 26.1. The van der Waals surface area contributed by atoms with Gasteiger partial charge in [0.1, 0.15) is 17.2 Å². The molecule has 0 amide bonds. The van der Waals surface area contributed by atoms with E-state index in [0.717, 1.165) is 6.92 Å². The molecular formula is C30H21ClF10O8. The maximum Gasteiger partial charge on any atom is 0.344 e. The number of halogens is 11. The summed E-state index contributed by atoms with van der Waals surface area (Å²) in [6.07, 6.45) is -9.64. The van der Waals surface area contributed by atoms with Gasteiger partial charge in [0.2, 0.25) is 11.6 Å². The lowest BCUT2D eigenvalue weighted by Gasteiger charge is -2.44. The summed E-state index contributed by atoms with van der Waals surface area (Å²) in [5, 5.41) is 0.300. The first kappa shape index (κ1) is 37.8. The van der Waals surface area contributed by atoms with E-state index in [1.165, 1.54) is 31.4 Å². The average Bonchev–Trinajstić information content (AvgIpc) is 3.07. The summed E-state index contributed by atoms with van der Waals surface area (Å²) < 4.78 is 173. The number of methoxy groups -OCH3 is 1. The van der Waals surface area contributed by atoms with E-state index >= 15 is 0 Å². The summed E-state index contributed by atoms with van der Waals surface area (Å²) in [5.41, 5.74) is -3.84. The molecule has 0 aromatic heterocycles. The van der Waals surface area contributed by atoms with E-state index in [0.29, 0.717) is 10.6 Å². The highest BCUT2D eigenvalue weighted by atomic mass is 35.5. The number of ether oxygens (including phenoxy) is 6. The minimum absolute atomic E-state index is 0.0914. The minimum Gasteiger partial charge on any atom is -0.452 e. The van der Waals surface area contributed by atoms with E-state index in [1.54, 1.807) is 0 Å². The van der Waals surface area contributed by atoms with Gasteiger partial charge in [-0.15, -0.1) is 0 Å². The Kier molecular flexibility index (Phi) is 12.1. The lowest BCUT2D eigenvalue weighted by atomic mass is 9.98. The Morgan fingerprint density at radius 1 is 0.633 bits per heavy atom. The standard InChI is InChI=1S/C30H21ClF10O8/c1-10-25(48-28(42)13-15(32)19(36)23(40)20(37)16(13)33)26(49-29(43)14-17(34)21(38)24(41)22(39)18(14)35)27(30(47-10)45-8-7-44-2)46-9-11-3-5-12(31)6-4-11/h3-6,10,25-27,30H,7-9H2,1-2H3/t10-,25-,26+,27+,30+/m0/s1. The van der Waals surface area contributed by atoms with Crippen LogP contribution in [0.5, 0.6) is 0 Å². The number of rotatable bonds is 11. The Bertz CT molecular complexity index is 1670. The topological polar surface area (TPSA) is 89.5 Å². The van der Waals surface area contributed by atoms with Crippen molar-refractivity contribution >= 4 is 23.5 Å². The van der Waals surface area contributed by atoms with Gasteiger partial charge < -0.3 is 28.4 Å². The fourth-order valence-electron chi connectivity index (χ4n) is 4.53. The molecule has 266 valence electrons. The predicted molar refractivity (Wildman–Crippen MR) is 143 cm³/mol. The van der Waals surface area contributed by atoms with E-state index in [4.69, 9.17) is 40.0 Å². The van der Waals surface area contributed by atoms with Crippen molar-refractivity contribution in [1.82, 2.24) is 0 Å². The number of hydrogen-bond acceptors (Lipinski definition) is 8. The predicted octanol–water partition coefficient (Wildman–Crippen LogP) is 6.48. The Hall–Kier alpha value is -3.97. The van der Waals surface area contributed by atoms with Crippen LogP contribution in [0.3, 0.4) is 0 Å². The molecule has 1 aliphatic rings. The van der Waals surface area contributed by atoms with Gasteiger partial charge in [0.15, 0.2) is 65.0 Å². The van der Waals surface area contributed by atoms with Gasteiger partial charge in [0.05, 0.1) is 25.9 Å². The molecule has 3 aromatic rings. The highest BCUT2D eigenvalue weighted by Crippen LogP contribution is 2.33. The Morgan fingerprint density at radius 2 is 1.06 bits per heavy atom. The van der Waals surface area contributed by atoms with Crippen LogP contribution in [0.15, 0.2) is 24.3 Å². The van der Waals surface area contributed by atoms with E-state index in [1.807, 2.05) is 0 Å². The smallest absolute Gasteiger partial charge is 0.344 e. The second-order valence-corrected chi connectivity index (χ2v) is 10.5. The molecule has 4 rings (SSSR count). The van der Waals surface area contributed by atoms with Gasteiger partial charge in [0.25, 0.3) is 0 Å². The maximum atomic E-state index is 14.6. The van der Waals surface area contributed by atoms with E-state index < -0.39 is 119 Å². The Balaban J connectivity index is 1.81. The van der Waals surface area contributed by atoms with E-state index in [-0.39, 0.29) is 13.2 Å². The number of carbonyl (C=O) groups is 2. The molecule has 1 saturated heterocycles. The summed E-state index contributed by atoms with van der Waals surface area (Å²) in [7, 11) is 1.28. The van der Waals surface area contributed by atoms with Crippen molar-refractivity contribution in [2.45, 2.75) is 44.2 Å².